The third-order valence-corrected chi connectivity index (χ3v) is 5.10. The second kappa shape index (κ2) is 9.48. The Balaban J connectivity index is 1.89. The molecular weight excluding hydrogens is 356 g/mol. The van der Waals surface area contributed by atoms with Gasteiger partial charge in [0.15, 0.2) is 0 Å². The Bertz CT molecular complexity index is 714. The molecule has 1 aliphatic rings. The highest BCUT2D eigenvalue weighted by molar-refractivity contribution is 5.87. The lowest BCUT2D eigenvalue weighted by Crippen LogP contribution is -2.64. The van der Waals surface area contributed by atoms with Gasteiger partial charge in [-0.3, -0.25) is 19.4 Å². The number of benzene rings is 2. The molecule has 0 spiro atoms. The van der Waals surface area contributed by atoms with Crippen LogP contribution in [0.2, 0.25) is 0 Å². The molecule has 2 aromatic rings. The van der Waals surface area contributed by atoms with Crippen molar-refractivity contribution in [1.82, 2.24) is 9.80 Å². The fraction of sp³-hybridized carbons (Fsp3) is 0.364. The summed E-state index contributed by atoms with van der Waals surface area (Å²) in [6, 6.07) is 18.4. The van der Waals surface area contributed by atoms with Crippen LogP contribution in [-0.2, 0) is 32.2 Å². The number of esters is 2. The third kappa shape index (κ3) is 4.58. The van der Waals surface area contributed by atoms with E-state index < -0.39 is 24.0 Å². The molecule has 1 fully saturated rings. The Labute approximate surface area is 165 Å². The molecule has 3 rings (SSSR count). The van der Waals surface area contributed by atoms with Gasteiger partial charge in [-0.2, -0.15) is 0 Å². The Morgan fingerprint density at radius 3 is 1.43 bits per heavy atom. The van der Waals surface area contributed by atoms with Crippen LogP contribution in [0.5, 0.6) is 0 Å². The predicted molar refractivity (Wildman–Crippen MR) is 105 cm³/mol. The van der Waals surface area contributed by atoms with Gasteiger partial charge in [-0.25, -0.2) is 0 Å². The minimum absolute atomic E-state index is 0.427. The largest absolute Gasteiger partial charge is 0.468 e. The number of methoxy groups -OCH3 is 2. The first-order chi connectivity index (χ1) is 13.6. The van der Waals surface area contributed by atoms with E-state index in [2.05, 4.69) is 0 Å². The van der Waals surface area contributed by atoms with Crippen molar-refractivity contribution in [1.29, 1.82) is 0 Å². The SMILES string of the molecule is COC(=O)C1C(C(=O)OC)N(Cc2ccccc2)CCN1Cc1ccccc1. The molecule has 2 atom stereocenters. The van der Waals surface area contributed by atoms with Crippen LogP contribution in [0.4, 0.5) is 0 Å². The van der Waals surface area contributed by atoms with Crippen molar-refractivity contribution in [2.75, 3.05) is 27.3 Å². The fourth-order valence-electron chi connectivity index (χ4n) is 3.72. The van der Waals surface area contributed by atoms with Gasteiger partial charge < -0.3 is 9.47 Å². The van der Waals surface area contributed by atoms with Gasteiger partial charge in [-0.05, 0) is 11.1 Å². The van der Waals surface area contributed by atoms with Crippen LogP contribution in [-0.4, -0.2) is 61.1 Å². The maximum atomic E-state index is 12.7. The third-order valence-electron chi connectivity index (χ3n) is 5.10. The number of piperazine rings is 1. The van der Waals surface area contributed by atoms with E-state index in [4.69, 9.17) is 9.47 Å². The quantitative estimate of drug-likeness (QED) is 0.713. The van der Waals surface area contributed by atoms with E-state index in [9.17, 15) is 9.59 Å². The van der Waals surface area contributed by atoms with Crippen molar-refractivity contribution in [2.24, 2.45) is 0 Å². The average Bonchev–Trinajstić information content (AvgIpc) is 2.74. The molecule has 0 amide bonds. The molecule has 0 saturated carbocycles. The first kappa shape index (κ1) is 20.0. The van der Waals surface area contributed by atoms with E-state index in [0.29, 0.717) is 26.2 Å². The number of carbonyl (C=O) groups excluding carboxylic acids is 2. The van der Waals surface area contributed by atoms with E-state index in [0.717, 1.165) is 11.1 Å². The van der Waals surface area contributed by atoms with Gasteiger partial charge in [-0.15, -0.1) is 0 Å². The lowest BCUT2D eigenvalue weighted by atomic mass is 9.99. The summed E-state index contributed by atoms with van der Waals surface area (Å²) in [6.45, 7) is 2.42. The molecule has 2 aromatic carbocycles. The monoisotopic (exact) mass is 382 g/mol. The molecule has 0 bridgehead atoms. The van der Waals surface area contributed by atoms with Crippen LogP contribution >= 0.6 is 0 Å². The van der Waals surface area contributed by atoms with E-state index in [1.807, 2.05) is 70.5 Å². The van der Waals surface area contributed by atoms with Crippen molar-refractivity contribution in [3.8, 4) is 0 Å². The van der Waals surface area contributed by atoms with Gasteiger partial charge in [0, 0.05) is 26.2 Å². The molecular formula is C22H26N2O4. The standard InChI is InChI=1S/C22H26N2O4/c1-27-21(25)19-20(22(26)28-2)24(16-18-11-7-4-8-12-18)14-13-23(19)15-17-9-5-3-6-10-17/h3-12,19-20H,13-16H2,1-2H3. The van der Waals surface area contributed by atoms with Crippen molar-refractivity contribution in [2.45, 2.75) is 25.2 Å². The van der Waals surface area contributed by atoms with E-state index in [1.165, 1.54) is 14.2 Å². The minimum atomic E-state index is -0.727. The van der Waals surface area contributed by atoms with Gasteiger partial charge in [-0.1, -0.05) is 60.7 Å². The van der Waals surface area contributed by atoms with Crippen LogP contribution in [0, 0.1) is 0 Å². The van der Waals surface area contributed by atoms with E-state index in [-0.39, 0.29) is 0 Å². The lowest BCUT2D eigenvalue weighted by molar-refractivity contribution is -0.166. The molecule has 1 heterocycles. The van der Waals surface area contributed by atoms with Gasteiger partial charge >= 0.3 is 11.9 Å². The first-order valence-electron chi connectivity index (χ1n) is 9.35. The maximum Gasteiger partial charge on any atom is 0.325 e. The highest BCUT2D eigenvalue weighted by atomic mass is 16.5. The Hall–Kier alpha value is -2.70. The van der Waals surface area contributed by atoms with Crippen LogP contribution in [0.15, 0.2) is 60.7 Å². The number of hydrogen-bond acceptors (Lipinski definition) is 6. The maximum absolute atomic E-state index is 12.7. The number of rotatable bonds is 6. The number of carbonyl (C=O) groups is 2. The lowest BCUT2D eigenvalue weighted by Gasteiger charge is -2.44. The molecule has 1 aliphatic heterocycles. The van der Waals surface area contributed by atoms with Crippen LogP contribution < -0.4 is 0 Å². The smallest absolute Gasteiger partial charge is 0.325 e. The zero-order valence-corrected chi connectivity index (χ0v) is 16.3. The highest BCUT2D eigenvalue weighted by Gasteiger charge is 2.46. The van der Waals surface area contributed by atoms with Crippen molar-refractivity contribution < 1.29 is 19.1 Å². The zero-order valence-electron chi connectivity index (χ0n) is 16.3. The fourth-order valence-corrected chi connectivity index (χ4v) is 3.72. The number of nitrogens with zero attached hydrogens (tertiary/aromatic N) is 2. The summed E-state index contributed by atoms with van der Waals surface area (Å²) in [5, 5.41) is 0. The van der Waals surface area contributed by atoms with Gasteiger partial charge in [0.25, 0.3) is 0 Å². The predicted octanol–water partition coefficient (Wildman–Crippen LogP) is 2.09. The topological polar surface area (TPSA) is 59.1 Å². The van der Waals surface area contributed by atoms with E-state index >= 15 is 0 Å². The molecule has 6 nitrogen and oxygen atoms in total. The molecule has 2 unspecified atom stereocenters. The normalized spacial score (nSPS) is 20.5. The highest BCUT2D eigenvalue weighted by Crippen LogP contribution is 2.24. The van der Waals surface area contributed by atoms with Gasteiger partial charge in [0.05, 0.1) is 14.2 Å². The summed E-state index contributed by atoms with van der Waals surface area (Å²) >= 11 is 0. The van der Waals surface area contributed by atoms with Gasteiger partial charge in [0.2, 0.25) is 0 Å². The molecule has 6 heteroatoms. The minimum Gasteiger partial charge on any atom is -0.468 e. The van der Waals surface area contributed by atoms with Crippen LogP contribution in [0.3, 0.4) is 0 Å². The van der Waals surface area contributed by atoms with Crippen LogP contribution in [0.1, 0.15) is 11.1 Å². The second-order valence-corrected chi connectivity index (χ2v) is 6.85. The Morgan fingerprint density at radius 2 is 1.11 bits per heavy atom. The molecule has 0 radical (unpaired) electrons. The molecule has 28 heavy (non-hydrogen) atoms. The Morgan fingerprint density at radius 1 is 0.750 bits per heavy atom. The van der Waals surface area contributed by atoms with E-state index in [1.54, 1.807) is 0 Å². The summed E-state index contributed by atoms with van der Waals surface area (Å²) in [5.41, 5.74) is 2.16. The summed E-state index contributed by atoms with van der Waals surface area (Å²) in [7, 11) is 2.71. The molecule has 0 N–H and O–H groups in total. The molecule has 1 saturated heterocycles. The summed E-state index contributed by atoms with van der Waals surface area (Å²) in [5.74, 6) is -0.854. The number of hydrogen-bond donors (Lipinski definition) is 0. The molecule has 0 aliphatic carbocycles. The Kier molecular flexibility index (Phi) is 6.79. The second-order valence-electron chi connectivity index (χ2n) is 6.85. The average molecular weight is 382 g/mol. The van der Waals surface area contributed by atoms with Crippen molar-refractivity contribution in [3.63, 3.8) is 0 Å². The molecule has 0 aromatic heterocycles. The summed E-state index contributed by atoms with van der Waals surface area (Å²) in [4.78, 5) is 29.4. The summed E-state index contributed by atoms with van der Waals surface area (Å²) in [6.07, 6.45) is 0. The van der Waals surface area contributed by atoms with Crippen LogP contribution in [0.25, 0.3) is 0 Å². The van der Waals surface area contributed by atoms with Crippen molar-refractivity contribution >= 4 is 11.9 Å². The summed E-state index contributed by atoms with van der Waals surface area (Å²) < 4.78 is 10.1. The zero-order chi connectivity index (χ0) is 19.9. The first-order valence-corrected chi connectivity index (χ1v) is 9.35. The van der Waals surface area contributed by atoms with Crippen molar-refractivity contribution in [3.05, 3.63) is 71.8 Å². The number of ether oxygens (including phenoxy) is 2. The molecule has 148 valence electrons. The van der Waals surface area contributed by atoms with Gasteiger partial charge in [0.1, 0.15) is 12.1 Å².